The van der Waals surface area contributed by atoms with Crippen LogP contribution in [0.15, 0.2) is 12.3 Å². The normalized spacial score (nSPS) is 22.2. The number of rotatable bonds is 5. The van der Waals surface area contributed by atoms with E-state index in [1.807, 2.05) is 6.07 Å². The van der Waals surface area contributed by atoms with Crippen LogP contribution in [-0.4, -0.2) is 30.3 Å². The second-order valence-corrected chi connectivity index (χ2v) is 5.35. The van der Waals surface area contributed by atoms with E-state index in [-0.39, 0.29) is 0 Å². The van der Waals surface area contributed by atoms with E-state index in [2.05, 4.69) is 10.3 Å². The minimum absolute atomic E-state index is 0.311. The average molecular weight is 295 g/mol. The number of nitrogens with two attached hydrogens (primary N) is 1. The Bertz CT molecular complexity index is 481. The second kappa shape index (κ2) is 7.44. The van der Waals surface area contributed by atoms with Crippen LogP contribution in [0.1, 0.15) is 31.2 Å². The molecule has 0 atom stereocenters. The smallest absolute Gasteiger partial charge is 0.146 e. The van der Waals surface area contributed by atoms with Crippen molar-refractivity contribution in [3.05, 3.63) is 22.8 Å². The summed E-state index contributed by atoms with van der Waals surface area (Å²) in [6, 6.07) is 3.96. The molecule has 2 rings (SSSR count). The van der Waals surface area contributed by atoms with Gasteiger partial charge in [0.15, 0.2) is 0 Å². The quantitative estimate of drug-likeness (QED) is 0.814. The molecule has 3 N–H and O–H groups in total. The predicted octanol–water partition coefficient (Wildman–Crippen LogP) is 2.31. The van der Waals surface area contributed by atoms with E-state index >= 15 is 0 Å². The SMILES string of the molecule is N#Cc1ccnc(NCCOC2CCC(N)CC2)c1Cl. The molecule has 0 aromatic carbocycles. The van der Waals surface area contributed by atoms with Crippen LogP contribution in [0.5, 0.6) is 0 Å². The summed E-state index contributed by atoms with van der Waals surface area (Å²) >= 11 is 6.05. The molecule has 1 saturated carbocycles. The van der Waals surface area contributed by atoms with Crippen molar-refractivity contribution in [2.24, 2.45) is 5.73 Å². The maximum Gasteiger partial charge on any atom is 0.146 e. The Morgan fingerprint density at radius 2 is 2.20 bits per heavy atom. The first-order chi connectivity index (χ1) is 9.70. The average Bonchev–Trinajstić information content (AvgIpc) is 2.47. The van der Waals surface area contributed by atoms with Crippen molar-refractivity contribution in [1.82, 2.24) is 4.98 Å². The Labute approximate surface area is 124 Å². The molecule has 1 aliphatic carbocycles. The standard InChI is InChI=1S/C14H19ClN4O/c15-13-10(9-16)5-6-18-14(13)19-7-8-20-12-3-1-11(17)2-4-12/h5-6,11-12H,1-4,7-8,17H2,(H,18,19). The lowest BCUT2D eigenvalue weighted by molar-refractivity contribution is 0.0313. The molecule has 0 spiro atoms. The molecule has 0 bridgehead atoms. The highest BCUT2D eigenvalue weighted by molar-refractivity contribution is 6.34. The topological polar surface area (TPSA) is 84.0 Å². The molecule has 1 aliphatic rings. The predicted molar refractivity (Wildman–Crippen MR) is 78.6 cm³/mol. The largest absolute Gasteiger partial charge is 0.376 e. The Kier molecular flexibility index (Phi) is 5.60. The molecule has 6 heteroatoms. The first-order valence-corrected chi connectivity index (χ1v) is 7.24. The van der Waals surface area contributed by atoms with E-state index in [9.17, 15) is 0 Å². The first-order valence-electron chi connectivity index (χ1n) is 6.86. The van der Waals surface area contributed by atoms with Gasteiger partial charge in [0.2, 0.25) is 0 Å². The van der Waals surface area contributed by atoms with Crippen LogP contribution in [0.25, 0.3) is 0 Å². The van der Waals surface area contributed by atoms with Crippen LogP contribution in [0.2, 0.25) is 5.02 Å². The van der Waals surface area contributed by atoms with Crippen molar-refractivity contribution < 1.29 is 4.74 Å². The Hall–Kier alpha value is -1.35. The van der Waals surface area contributed by atoms with Crippen LogP contribution in [-0.2, 0) is 4.74 Å². The first kappa shape index (κ1) is 15.0. The van der Waals surface area contributed by atoms with E-state index in [0.29, 0.717) is 41.7 Å². The number of hydrogen-bond donors (Lipinski definition) is 2. The molecule has 5 nitrogen and oxygen atoms in total. The summed E-state index contributed by atoms with van der Waals surface area (Å²) in [5.74, 6) is 0.528. The number of halogens is 1. The highest BCUT2D eigenvalue weighted by Crippen LogP contribution is 2.23. The fraction of sp³-hybridized carbons (Fsp3) is 0.571. The van der Waals surface area contributed by atoms with E-state index in [4.69, 9.17) is 27.3 Å². The molecule has 0 amide bonds. The third-order valence-electron chi connectivity index (χ3n) is 3.48. The number of pyridine rings is 1. The van der Waals surface area contributed by atoms with Gasteiger partial charge in [-0.25, -0.2) is 4.98 Å². The molecule has 0 saturated heterocycles. The zero-order valence-corrected chi connectivity index (χ0v) is 12.1. The monoisotopic (exact) mass is 294 g/mol. The highest BCUT2D eigenvalue weighted by atomic mass is 35.5. The van der Waals surface area contributed by atoms with Crippen LogP contribution in [0.4, 0.5) is 5.82 Å². The number of nitrogens with zero attached hydrogens (tertiary/aromatic N) is 2. The minimum Gasteiger partial charge on any atom is -0.376 e. The van der Waals surface area contributed by atoms with Crippen molar-refractivity contribution >= 4 is 17.4 Å². The molecule has 1 fully saturated rings. The Morgan fingerprint density at radius 1 is 1.45 bits per heavy atom. The number of anilines is 1. The van der Waals surface area contributed by atoms with Gasteiger partial charge in [-0.3, -0.25) is 0 Å². The van der Waals surface area contributed by atoms with Gasteiger partial charge in [-0.1, -0.05) is 11.6 Å². The van der Waals surface area contributed by atoms with Crippen LogP contribution in [0, 0.1) is 11.3 Å². The fourth-order valence-corrected chi connectivity index (χ4v) is 2.52. The van der Waals surface area contributed by atoms with Crippen molar-refractivity contribution in [3.8, 4) is 6.07 Å². The maximum atomic E-state index is 8.88. The number of aromatic nitrogens is 1. The van der Waals surface area contributed by atoms with Crippen LogP contribution < -0.4 is 11.1 Å². The molecule has 20 heavy (non-hydrogen) atoms. The second-order valence-electron chi connectivity index (χ2n) is 4.97. The highest BCUT2D eigenvalue weighted by Gasteiger charge is 2.18. The zero-order chi connectivity index (χ0) is 14.4. The number of ether oxygens (including phenoxy) is 1. The van der Waals surface area contributed by atoms with Gasteiger partial charge in [-0.2, -0.15) is 5.26 Å². The molecule has 108 valence electrons. The third-order valence-corrected chi connectivity index (χ3v) is 3.86. The summed E-state index contributed by atoms with van der Waals surface area (Å²) in [5, 5.41) is 12.3. The number of nitrogens with one attached hydrogen (secondary N) is 1. The zero-order valence-electron chi connectivity index (χ0n) is 11.3. The number of hydrogen-bond acceptors (Lipinski definition) is 5. The lowest BCUT2D eigenvalue weighted by Crippen LogP contribution is -2.31. The lowest BCUT2D eigenvalue weighted by Gasteiger charge is -2.26. The van der Waals surface area contributed by atoms with Gasteiger partial charge in [0.05, 0.1) is 18.3 Å². The van der Waals surface area contributed by atoms with Crippen molar-refractivity contribution in [1.29, 1.82) is 5.26 Å². The van der Waals surface area contributed by atoms with E-state index in [1.54, 1.807) is 12.3 Å². The fourth-order valence-electron chi connectivity index (χ4n) is 2.30. The minimum atomic E-state index is 0.311. The summed E-state index contributed by atoms with van der Waals surface area (Å²) in [7, 11) is 0. The summed E-state index contributed by atoms with van der Waals surface area (Å²) in [4.78, 5) is 4.11. The molecular weight excluding hydrogens is 276 g/mol. The lowest BCUT2D eigenvalue weighted by atomic mass is 9.94. The third kappa shape index (κ3) is 4.07. The van der Waals surface area contributed by atoms with Crippen LogP contribution >= 0.6 is 11.6 Å². The van der Waals surface area contributed by atoms with Gasteiger partial charge in [0.25, 0.3) is 0 Å². The van der Waals surface area contributed by atoms with Gasteiger partial charge < -0.3 is 15.8 Å². The molecule has 0 radical (unpaired) electrons. The van der Waals surface area contributed by atoms with Crippen LogP contribution in [0.3, 0.4) is 0 Å². The summed E-state index contributed by atoms with van der Waals surface area (Å²) < 4.78 is 5.80. The summed E-state index contributed by atoms with van der Waals surface area (Å²) in [5.41, 5.74) is 6.28. The molecular formula is C14H19ClN4O. The molecule has 1 aromatic heterocycles. The molecule has 0 unspecified atom stereocenters. The molecule has 0 aliphatic heterocycles. The Balaban J connectivity index is 1.72. The van der Waals surface area contributed by atoms with Gasteiger partial charge in [-0.15, -0.1) is 0 Å². The van der Waals surface area contributed by atoms with Gasteiger partial charge in [0.1, 0.15) is 16.9 Å². The van der Waals surface area contributed by atoms with E-state index in [1.165, 1.54) is 0 Å². The summed E-state index contributed by atoms with van der Waals surface area (Å²) in [6.07, 6.45) is 6.01. The maximum absolute atomic E-state index is 8.88. The van der Waals surface area contributed by atoms with E-state index < -0.39 is 0 Å². The molecule has 1 heterocycles. The van der Waals surface area contributed by atoms with E-state index in [0.717, 1.165) is 25.7 Å². The van der Waals surface area contributed by atoms with Gasteiger partial charge in [-0.05, 0) is 31.7 Å². The van der Waals surface area contributed by atoms with Gasteiger partial charge in [0, 0.05) is 18.8 Å². The van der Waals surface area contributed by atoms with Crippen molar-refractivity contribution in [2.75, 3.05) is 18.5 Å². The summed E-state index contributed by atoms with van der Waals surface area (Å²) in [6.45, 7) is 1.21. The van der Waals surface area contributed by atoms with Gasteiger partial charge >= 0.3 is 0 Å². The van der Waals surface area contributed by atoms with Crippen molar-refractivity contribution in [2.45, 2.75) is 37.8 Å². The van der Waals surface area contributed by atoms with Crippen molar-refractivity contribution in [3.63, 3.8) is 0 Å². The Morgan fingerprint density at radius 3 is 2.90 bits per heavy atom. The molecule has 1 aromatic rings. The number of nitriles is 1.